The molecule has 0 radical (unpaired) electrons. The van der Waals surface area contributed by atoms with Crippen molar-refractivity contribution in [3.05, 3.63) is 35.4 Å². The predicted molar refractivity (Wildman–Crippen MR) is 63.0 cm³/mol. The highest BCUT2D eigenvalue weighted by atomic mass is 35.5. The Bertz CT molecular complexity index is 354. The molecule has 0 bridgehead atoms. The van der Waals surface area contributed by atoms with E-state index in [1.165, 1.54) is 6.07 Å². The molecule has 1 N–H and O–H groups in total. The first-order valence-corrected chi connectivity index (χ1v) is 5.88. The van der Waals surface area contributed by atoms with Gasteiger partial charge in [-0.15, -0.1) is 23.2 Å². The minimum Gasteiger partial charge on any atom is -0.305 e. The molecule has 1 rings (SSSR count). The molecule has 0 heterocycles. The third-order valence-corrected chi connectivity index (χ3v) is 3.47. The van der Waals surface area contributed by atoms with E-state index in [0.29, 0.717) is 23.9 Å². The zero-order valence-electron chi connectivity index (χ0n) is 8.87. The molecule has 0 atom stereocenters. The molecule has 0 aliphatic carbocycles. The molecule has 90 valence electrons. The summed E-state index contributed by atoms with van der Waals surface area (Å²) in [5, 5.41) is 3.11. The average Bonchev–Trinajstić information content (AvgIpc) is 2.30. The quantitative estimate of drug-likeness (QED) is 0.808. The Labute approximate surface area is 104 Å². The van der Waals surface area contributed by atoms with Crippen molar-refractivity contribution >= 4 is 23.2 Å². The van der Waals surface area contributed by atoms with Crippen LogP contribution in [0.15, 0.2) is 18.2 Å². The van der Waals surface area contributed by atoms with Crippen LogP contribution in [0.5, 0.6) is 0 Å². The van der Waals surface area contributed by atoms with Crippen LogP contribution < -0.4 is 5.32 Å². The topological polar surface area (TPSA) is 12.0 Å². The van der Waals surface area contributed by atoms with Gasteiger partial charge in [0, 0.05) is 23.8 Å². The van der Waals surface area contributed by atoms with Crippen molar-refractivity contribution in [3.63, 3.8) is 0 Å². The van der Waals surface area contributed by atoms with Crippen molar-refractivity contribution in [3.8, 4) is 0 Å². The van der Waals surface area contributed by atoms with E-state index in [9.17, 15) is 8.78 Å². The second-order valence-corrected chi connectivity index (χ2v) is 4.46. The summed E-state index contributed by atoms with van der Waals surface area (Å²) < 4.78 is 25.6. The summed E-state index contributed by atoms with van der Waals surface area (Å²) in [5.41, 5.74) is 0.244. The second kappa shape index (κ2) is 5.80. The van der Waals surface area contributed by atoms with Crippen molar-refractivity contribution in [2.75, 3.05) is 11.8 Å². The van der Waals surface area contributed by atoms with Gasteiger partial charge in [0.2, 0.25) is 0 Å². The van der Waals surface area contributed by atoms with Crippen LogP contribution >= 0.6 is 23.2 Å². The first-order valence-electron chi connectivity index (χ1n) is 4.81. The molecule has 16 heavy (non-hydrogen) atoms. The number of rotatable bonds is 5. The van der Waals surface area contributed by atoms with E-state index in [4.69, 9.17) is 23.2 Å². The van der Waals surface area contributed by atoms with Gasteiger partial charge in [-0.1, -0.05) is 6.07 Å². The highest BCUT2D eigenvalue weighted by Gasteiger charge is 2.20. The van der Waals surface area contributed by atoms with Gasteiger partial charge in [-0.3, -0.25) is 0 Å². The Morgan fingerprint density at radius 3 is 2.31 bits per heavy atom. The summed E-state index contributed by atoms with van der Waals surface area (Å²) in [6.07, 6.45) is 0. The Balaban J connectivity index is 2.64. The Morgan fingerprint density at radius 2 is 1.81 bits per heavy atom. The maximum Gasteiger partial charge on any atom is 0.159 e. The maximum absolute atomic E-state index is 12.9. The lowest BCUT2D eigenvalue weighted by atomic mass is 10.1. The minimum atomic E-state index is -0.849. The fourth-order valence-electron chi connectivity index (χ4n) is 1.10. The van der Waals surface area contributed by atoms with Gasteiger partial charge in [-0.2, -0.15) is 0 Å². The third-order valence-electron chi connectivity index (χ3n) is 2.29. The van der Waals surface area contributed by atoms with Crippen molar-refractivity contribution in [2.24, 2.45) is 0 Å². The van der Waals surface area contributed by atoms with Crippen LogP contribution in [0.1, 0.15) is 12.5 Å². The molecule has 0 fully saturated rings. The first-order chi connectivity index (χ1) is 7.50. The lowest BCUT2D eigenvalue weighted by Crippen LogP contribution is -2.45. The fraction of sp³-hybridized carbons (Fsp3) is 0.455. The third kappa shape index (κ3) is 3.58. The molecule has 0 saturated carbocycles. The van der Waals surface area contributed by atoms with Gasteiger partial charge < -0.3 is 5.32 Å². The van der Waals surface area contributed by atoms with Crippen LogP contribution in [0, 0.1) is 11.6 Å². The highest BCUT2D eigenvalue weighted by molar-refractivity contribution is 6.22. The van der Waals surface area contributed by atoms with E-state index >= 15 is 0 Å². The normalized spacial score (nSPS) is 11.8. The van der Waals surface area contributed by atoms with Gasteiger partial charge >= 0.3 is 0 Å². The van der Waals surface area contributed by atoms with Crippen LogP contribution in [0.25, 0.3) is 0 Å². The van der Waals surface area contributed by atoms with Crippen LogP contribution in [0.4, 0.5) is 8.78 Å². The molecule has 0 unspecified atom stereocenters. The SMILES string of the molecule is CC(CCl)(CCl)NCc1ccc(F)c(F)c1. The summed E-state index contributed by atoms with van der Waals surface area (Å²) in [7, 11) is 0. The minimum absolute atomic E-state index is 0.347. The highest BCUT2D eigenvalue weighted by Crippen LogP contribution is 2.12. The molecule has 1 aromatic rings. The summed E-state index contributed by atoms with van der Waals surface area (Å²) >= 11 is 11.5. The van der Waals surface area contributed by atoms with Gasteiger partial charge in [-0.25, -0.2) is 8.78 Å². The number of halogens is 4. The number of alkyl halides is 2. The summed E-state index contributed by atoms with van der Waals surface area (Å²) in [6.45, 7) is 2.26. The van der Waals surface area contributed by atoms with Crippen LogP contribution in [0.2, 0.25) is 0 Å². The predicted octanol–water partition coefficient (Wildman–Crippen LogP) is 3.29. The number of hydrogen-bond acceptors (Lipinski definition) is 1. The number of nitrogens with one attached hydrogen (secondary N) is 1. The summed E-state index contributed by atoms with van der Waals surface area (Å²) in [6, 6.07) is 3.78. The molecule has 0 aliphatic heterocycles. The monoisotopic (exact) mass is 267 g/mol. The van der Waals surface area contributed by atoms with Gasteiger partial charge in [0.25, 0.3) is 0 Å². The van der Waals surface area contributed by atoms with E-state index in [1.54, 1.807) is 0 Å². The molecule has 0 spiro atoms. The zero-order valence-corrected chi connectivity index (χ0v) is 10.4. The van der Waals surface area contributed by atoms with E-state index in [1.807, 2.05) is 6.92 Å². The smallest absolute Gasteiger partial charge is 0.159 e. The summed E-state index contributed by atoms with van der Waals surface area (Å²) in [4.78, 5) is 0. The summed E-state index contributed by atoms with van der Waals surface area (Å²) in [5.74, 6) is -1.00. The van der Waals surface area contributed by atoms with Crippen molar-refractivity contribution in [1.29, 1.82) is 0 Å². The maximum atomic E-state index is 12.9. The van der Waals surface area contributed by atoms with Crippen LogP contribution in [0.3, 0.4) is 0 Å². The lowest BCUT2D eigenvalue weighted by Gasteiger charge is -2.26. The molecule has 0 saturated heterocycles. The van der Waals surface area contributed by atoms with E-state index in [0.717, 1.165) is 12.1 Å². The molecular weight excluding hydrogens is 255 g/mol. The molecule has 0 aliphatic rings. The standard InChI is InChI=1S/C11H13Cl2F2N/c1-11(6-12,7-13)16-5-8-2-3-9(14)10(15)4-8/h2-4,16H,5-7H2,1H3. The molecule has 1 nitrogen and oxygen atoms in total. The first kappa shape index (κ1) is 13.7. The van der Waals surface area contributed by atoms with Crippen molar-refractivity contribution in [2.45, 2.75) is 19.0 Å². The van der Waals surface area contributed by atoms with Gasteiger partial charge in [0.05, 0.1) is 0 Å². The Morgan fingerprint density at radius 1 is 1.19 bits per heavy atom. The van der Waals surface area contributed by atoms with Crippen LogP contribution in [-0.4, -0.2) is 17.3 Å². The van der Waals surface area contributed by atoms with Gasteiger partial charge in [0.1, 0.15) is 0 Å². The molecule has 0 aromatic heterocycles. The van der Waals surface area contributed by atoms with E-state index < -0.39 is 17.2 Å². The number of hydrogen-bond donors (Lipinski definition) is 1. The largest absolute Gasteiger partial charge is 0.305 e. The van der Waals surface area contributed by atoms with E-state index in [-0.39, 0.29) is 0 Å². The second-order valence-electron chi connectivity index (χ2n) is 3.93. The lowest BCUT2D eigenvalue weighted by molar-refractivity contribution is 0.433. The number of benzene rings is 1. The molecule has 0 amide bonds. The van der Waals surface area contributed by atoms with Crippen molar-refractivity contribution < 1.29 is 8.78 Å². The Hall–Kier alpha value is -0.380. The fourth-order valence-corrected chi connectivity index (χ4v) is 1.57. The van der Waals surface area contributed by atoms with Gasteiger partial charge in [0.15, 0.2) is 11.6 Å². The molecule has 1 aromatic carbocycles. The molecule has 5 heteroatoms. The zero-order chi connectivity index (χ0) is 12.2. The molecular formula is C11H13Cl2F2N. The van der Waals surface area contributed by atoms with E-state index in [2.05, 4.69) is 5.32 Å². The Kier molecular flexibility index (Phi) is 4.96. The van der Waals surface area contributed by atoms with Crippen LogP contribution in [-0.2, 0) is 6.54 Å². The van der Waals surface area contributed by atoms with Gasteiger partial charge in [-0.05, 0) is 24.6 Å². The van der Waals surface area contributed by atoms with Crippen molar-refractivity contribution in [1.82, 2.24) is 5.32 Å². The average molecular weight is 268 g/mol.